The molecule has 0 aliphatic carbocycles. The van der Waals surface area contributed by atoms with Gasteiger partial charge in [-0.3, -0.25) is 5.01 Å². The molecule has 0 bridgehead atoms. The van der Waals surface area contributed by atoms with Gasteiger partial charge in [-0.25, -0.2) is 22.5 Å². The molecule has 1 unspecified atom stereocenters. The van der Waals surface area contributed by atoms with E-state index in [1.807, 2.05) is 0 Å². The number of ether oxygens (including phenoxy) is 2. The summed E-state index contributed by atoms with van der Waals surface area (Å²) in [6.07, 6.45) is 3.01. The third kappa shape index (κ3) is 5.10. The number of allylic oxidation sites excluding steroid dienone is 1. The number of hydrogen-bond donors (Lipinski definition) is 1. The fourth-order valence-corrected chi connectivity index (χ4v) is 3.79. The Kier molecular flexibility index (Phi) is 7.14. The standard InChI is InChI=1S/C24H23F4N7O2/c1-12(10-34(3)29-2)14-8-17(27)21(31-23(14)36-5)32-24-30-9-19-22(33-24)35(4)18(11-37-19)13-6-15(25)20(28)16(26)7-13/h6-10,18H,2,11H2,1,3-5H3,(H,30,31,32,33)/b12-10+. The van der Waals surface area contributed by atoms with Crippen molar-refractivity contribution in [1.82, 2.24) is 20.0 Å². The molecule has 37 heavy (non-hydrogen) atoms. The molecule has 194 valence electrons. The van der Waals surface area contributed by atoms with Gasteiger partial charge >= 0.3 is 0 Å². The lowest BCUT2D eigenvalue weighted by Crippen LogP contribution is -2.34. The van der Waals surface area contributed by atoms with Crippen LogP contribution in [0.5, 0.6) is 11.6 Å². The molecule has 13 heteroatoms. The van der Waals surface area contributed by atoms with Crippen LogP contribution in [-0.2, 0) is 0 Å². The van der Waals surface area contributed by atoms with E-state index < -0.39 is 29.3 Å². The number of halogens is 4. The third-order valence-corrected chi connectivity index (χ3v) is 5.72. The predicted molar refractivity (Wildman–Crippen MR) is 130 cm³/mol. The van der Waals surface area contributed by atoms with E-state index in [1.165, 1.54) is 24.4 Å². The quantitative estimate of drug-likeness (QED) is 0.210. The number of rotatable bonds is 7. The summed E-state index contributed by atoms with van der Waals surface area (Å²) in [5, 5.41) is 7.91. The number of aromatic nitrogens is 3. The van der Waals surface area contributed by atoms with Gasteiger partial charge in [-0.05, 0) is 36.3 Å². The molecule has 0 radical (unpaired) electrons. The number of anilines is 3. The van der Waals surface area contributed by atoms with Gasteiger partial charge in [0.2, 0.25) is 11.8 Å². The van der Waals surface area contributed by atoms with Gasteiger partial charge in [0.05, 0.1) is 19.3 Å². The normalized spacial score (nSPS) is 15.1. The van der Waals surface area contributed by atoms with Crippen molar-refractivity contribution in [2.75, 3.05) is 38.0 Å². The Hall–Kier alpha value is -4.42. The van der Waals surface area contributed by atoms with E-state index in [4.69, 9.17) is 9.47 Å². The lowest BCUT2D eigenvalue weighted by Gasteiger charge is -2.35. The second kappa shape index (κ2) is 10.3. The second-order valence-electron chi connectivity index (χ2n) is 8.15. The number of benzene rings is 1. The minimum absolute atomic E-state index is 0.0163. The molecule has 1 aliphatic heterocycles. The van der Waals surface area contributed by atoms with E-state index in [0.717, 1.165) is 12.1 Å². The Bertz CT molecular complexity index is 1360. The highest BCUT2D eigenvalue weighted by Gasteiger charge is 2.30. The van der Waals surface area contributed by atoms with Crippen LogP contribution in [-0.4, -0.2) is 54.5 Å². The molecule has 0 fully saturated rings. The van der Waals surface area contributed by atoms with Gasteiger partial charge in [-0.2, -0.15) is 15.1 Å². The highest BCUT2D eigenvalue weighted by Crippen LogP contribution is 2.38. The molecule has 9 nitrogen and oxygen atoms in total. The van der Waals surface area contributed by atoms with Crippen molar-refractivity contribution in [1.29, 1.82) is 0 Å². The number of nitrogens with zero attached hydrogens (tertiary/aromatic N) is 6. The fraction of sp³-hybridized carbons (Fsp3) is 0.250. The molecule has 3 aromatic rings. The summed E-state index contributed by atoms with van der Waals surface area (Å²) in [5.74, 6) is -4.36. The zero-order chi connectivity index (χ0) is 26.9. The van der Waals surface area contributed by atoms with Crippen LogP contribution < -0.4 is 19.7 Å². The number of hydrazone groups is 1. The average Bonchev–Trinajstić information content (AvgIpc) is 2.88. The molecular formula is C24H23F4N7O2. The summed E-state index contributed by atoms with van der Waals surface area (Å²) < 4.78 is 67.0. The summed E-state index contributed by atoms with van der Waals surface area (Å²) >= 11 is 0. The topological polar surface area (TPSA) is 88.0 Å². The molecule has 0 saturated carbocycles. The van der Waals surface area contributed by atoms with Crippen molar-refractivity contribution >= 4 is 29.9 Å². The largest absolute Gasteiger partial charge is 0.486 e. The summed E-state index contributed by atoms with van der Waals surface area (Å²) in [4.78, 5) is 14.3. The minimum Gasteiger partial charge on any atom is -0.486 e. The molecule has 1 aliphatic rings. The second-order valence-corrected chi connectivity index (χ2v) is 8.15. The fourth-order valence-electron chi connectivity index (χ4n) is 3.79. The van der Waals surface area contributed by atoms with Gasteiger partial charge in [0.15, 0.2) is 40.7 Å². The van der Waals surface area contributed by atoms with Crippen LogP contribution in [0.2, 0.25) is 0 Å². The van der Waals surface area contributed by atoms with E-state index in [1.54, 1.807) is 32.1 Å². The van der Waals surface area contributed by atoms with Gasteiger partial charge in [0, 0.05) is 32.6 Å². The summed E-state index contributed by atoms with van der Waals surface area (Å²) in [6.45, 7) is 5.18. The maximum absolute atomic E-state index is 15.0. The third-order valence-electron chi connectivity index (χ3n) is 5.72. The van der Waals surface area contributed by atoms with Crippen molar-refractivity contribution in [2.45, 2.75) is 13.0 Å². The van der Waals surface area contributed by atoms with Gasteiger partial charge < -0.3 is 19.7 Å². The average molecular weight is 517 g/mol. The SMILES string of the molecule is C=NN(C)/C=C(\C)c1cc(F)c(Nc2ncc3c(n2)N(C)C(c2cc(F)c(F)c(F)c2)CO3)nc1OC. The molecule has 2 aromatic heterocycles. The zero-order valence-electron chi connectivity index (χ0n) is 20.4. The lowest BCUT2D eigenvalue weighted by molar-refractivity contribution is 0.264. The number of pyridine rings is 1. The monoisotopic (exact) mass is 517 g/mol. The molecule has 4 rings (SSSR count). The number of likely N-dealkylation sites (N-methyl/N-ethyl adjacent to an activating group) is 1. The van der Waals surface area contributed by atoms with Gasteiger partial charge in [-0.1, -0.05) is 0 Å². The van der Waals surface area contributed by atoms with Gasteiger partial charge in [-0.15, -0.1) is 0 Å². The number of nitrogens with one attached hydrogen (secondary N) is 1. The van der Waals surface area contributed by atoms with Crippen LogP contribution in [0.1, 0.15) is 24.1 Å². The van der Waals surface area contributed by atoms with Gasteiger partial charge in [0.25, 0.3) is 0 Å². The molecule has 1 N–H and O–H groups in total. The van der Waals surface area contributed by atoms with Crippen molar-refractivity contribution in [3.63, 3.8) is 0 Å². The van der Waals surface area contributed by atoms with Crippen LogP contribution in [0.3, 0.4) is 0 Å². The first-order chi connectivity index (χ1) is 17.6. The molecule has 3 heterocycles. The molecule has 1 atom stereocenters. The lowest BCUT2D eigenvalue weighted by atomic mass is 10.0. The maximum Gasteiger partial charge on any atom is 0.230 e. The molecular weight excluding hydrogens is 494 g/mol. The summed E-state index contributed by atoms with van der Waals surface area (Å²) in [5.41, 5.74) is 1.20. The Morgan fingerprint density at radius 1 is 1.22 bits per heavy atom. The van der Waals surface area contributed by atoms with Crippen LogP contribution in [0.15, 0.2) is 35.7 Å². The number of hydrogen-bond acceptors (Lipinski definition) is 9. The van der Waals surface area contributed by atoms with Crippen molar-refractivity contribution in [3.8, 4) is 11.6 Å². The van der Waals surface area contributed by atoms with E-state index in [9.17, 15) is 17.6 Å². The zero-order valence-corrected chi connectivity index (χ0v) is 20.4. The van der Waals surface area contributed by atoms with Crippen molar-refractivity contribution in [3.05, 3.63) is 65.0 Å². The highest BCUT2D eigenvalue weighted by atomic mass is 19.2. The van der Waals surface area contributed by atoms with Crippen LogP contribution >= 0.6 is 0 Å². The first kappa shape index (κ1) is 25.7. The van der Waals surface area contributed by atoms with Crippen molar-refractivity contribution < 1.29 is 27.0 Å². The summed E-state index contributed by atoms with van der Waals surface area (Å²) in [6, 6.07) is 2.38. The Morgan fingerprint density at radius 2 is 1.92 bits per heavy atom. The van der Waals surface area contributed by atoms with Crippen LogP contribution in [0.25, 0.3) is 5.57 Å². The first-order valence-electron chi connectivity index (χ1n) is 10.9. The molecule has 0 spiro atoms. The van der Waals surface area contributed by atoms with Crippen LogP contribution in [0.4, 0.5) is 35.1 Å². The first-order valence-corrected chi connectivity index (χ1v) is 10.9. The highest BCUT2D eigenvalue weighted by molar-refractivity contribution is 5.69. The van der Waals surface area contributed by atoms with E-state index in [-0.39, 0.29) is 35.6 Å². The number of methoxy groups -OCH3 is 1. The van der Waals surface area contributed by atoms with Crippen LogP contribution in [0, 0.1) is 23.3 Å². The maximum atomic E-state index is 15.0. The molecule has 1 aromatic carbocycles. The minimum atomic E-state index is -1.55. The Labute approximate surface area is 210 Å². The van der Waals surface area contributed by atoms with E-state index >= 15 is 0 Å². The van der Waals surface area contributed by atoms with Gasteiger partial charge in [0.1, 0.15) is 6.61 Å². The van der Waals surface area contributed by atoms with E-state index in [2.05, 4.69) is 32.1 Å². The van der Waals surface area contributed by atoms with Crippen molar-refractivity contribution in [2.24, 2.45) is 5.10 Å². The molecule has 0 amide bonds. The summed E-state index contributed by atoms with van der Waals surface area (Å²) in [7, 11) is 4.70. The predicted octanol–water partition coefficient (Wildman–Crippen LogP) is 4.66. The Balaban J connectivity index is 1.63. The Morgan fingerprint density at radius 3 is 2.57 bits per heavy atom. The van der Waals surface area contributed by atoms with E-state index in [0.29, 0.717) is 16.9 Å². The molecule has 0 saturated heterocycles. The smallest absolute Gasteiger partial charge is 0.230 e. The number of fused-ring (bicyclic) bond motifs is 1.